The van der Waals surface area contributed by atoms with Crippen molar-refractivity contribution in [3.8, 4) is 5.75 Å². The van der Waals surface area contributed by atoms with E-state index in [9.17, 15) is 4.79 Å². The lowest BCUT2D eigenvalue weighted by Crippen LogP contribution is -2.53. The number of carbonyl (C=O) groups excluding carboxylic acids is 1. The van der Waals surface area contributed by atoms with E-state index in [2.05, 4.69) is 24.0 Å². The van der Waals surface area contributed by atoms with Crippen LogP contribution in [-0.2, 0) is 4.79 Å². The van der Waals surface area contributed by atoms with Crippen LogP contribution in [0.3, 0.4) is 0 Å². The predicted octanol–water partition coefficient (Wildman–Crippen LogP) is 3.94. The van der Waals surface area contributed by atoms with Gasteiger partial charge in [0.15, 0.2) is 6.61 Å². The molecule has 0 unspecified atom stereocenters. The third-order valence-electron chi connectivity index (χ3n) is 6.18. The Balaban J connectivity index is 1.26. The summed E-state index contributed by atoms with van der Waals surface area (Å²) in [6, 6.07) is 14.9. The maximum atomic E-state index is 12.6. The van der Waals surface area contributed by atoms with Crippen molar-refractivity contribution in [2.75, 3.05) is 32.8 Å². The van der Waals surface area contributed by atoms with Crippen molar-refractivity contribution >= 4 is 16.7 Å². The molecule has 0 spiro atoms. The summed E-state index contributed by atoms with van der Waals surface area (Å²) in [5.41, 5.74) is 0. The molecule has 4 rings (SSSR count). The van der Waals surface area contributed by atoms with E-state index in [1.54, 1.807) is 0 Å². The average Bonchev–Trinajstić information content (AvgIpc) is 2.72. The molecule has 1 amide bonds. The summed E-state index contributed by atoms with van der Waals surface area (Å²) in [6.45, 7) is 6.14. The molecule has 4 nitrogen and oxygen atoms in total. The van der Waals surface area contributed by atoms with Crippen LogP contribution in [-0.4, -0.2) is 54.5 Å². The molecular weight excluding hydrogens is 336 g/mol. The summed E-state index contributed by atoms with van der Waals surface area (Å²) >= 11 is 0. The molecular formula is C23H30N2O2. The van der Waals surface area contributed by atoms with E-state index in [-0.39, 0.29) is 12.5 Å². The maximum absolute atomic E-state index is 12.6. The zero-order valence-electron chi connectivity index (χ0n) is 16.3. The number of ether oxygens (including phenoxy) is 1. The van der Waals surface area contributed by atoms with Gasteiger partial charge in [-0.05, 0) is 41.7 Å². The molecule has 0 bridgehead atoms. The van der Waals surface area contributed by atoms with Crippen molar-refractivity contribution in [1.82, 2.24) is 9.80 Å². The predicted molar refractivity (Wildman–Crippen MR) is 109 cm³/mol. The van der Waals surface area contributed by atoms with Crippen LogP contribution in [0.25, 0.3) is 10.8 Å². The van der Waals surface area contributed by atoms with Crippen molar-refractivity contribution in [3.63, 3.8) is 0 Å². The fourth-order valence-electron chi connectivity index (χ4n) is 4.56. The second-order valence-electron chi connectivity index (χ2n) is 8.14. The van der Waals surface area contributed by atoms with Crippen LogP contribution >= 0.6 is 0 Å². The fourth-order valence-corrected chi connectivity index (χ4v) is 4.56. The van der Waals surface area contributed by atoms with Crippen LogP contribution in [0.1, 0.15) is 32.6 Å². The summed E-state index contributed by atoms with van der Waals surface area (Å²) in [4.78, 5) is 17.1. The highest BCUT2D eigenvalue weighted by atomic mass is 16.5. The minimum absolute atomic E-state index is 0.0971. The lowest BCUT2D eigenvalue weighted by Gasteiger charge is -2.42. The van der Waals surface area contributed by atoms with Crippen molar-refractivity contribution in [2.24, 2.45) is 5.92 Å². The number of benzene rings is 2. The molecule has 1 aliphatic carbocycles. The second kappa shape index (κ2) is 8.30. The number of rotatable bonds is 4. The van der Waals surface area contributed by atoms with Gasteiger partial charge in [-0.15, -0.1) is 0 Å². The molecule has 0 N–H and O–H groups in total. The molecule has 2 aliphatic rings. The molecule has 144 valence electrons. The Labute approximate surface area is 162 Å². The van der Waals surface area contributed by atoms with Gasteiger partial charge >= 0.3 is 0 Å². The lowest BCUT2D eigenvalue weighted by molar-refractivity contribution is -0.135. The standard InChI is InChI=1S/C23H30N2O2/c1-18-5-4-8-21(15-18)24-11-13-25(14-12-24)23(26)17-27-22-10-9-19-6-2-3-7-20(19)16-22/h2-3,6-7,9-10,16,18,21H,4-5,8,11-15,17H2,1H3/t18-,21+/m1/s1. The van der Waals surface area contributed by atoms with Gasteiger partial charge in [0.2, 0.25) is 0 Å². The summed E-state index contributed by atoms with van der Waals surface area (Å²) in [5.74, 6) is 1.70. The van der Waals surface area contributed by atoms with Gasteiger partial charge in [0.25, 0.3) is 5.91 Å². The summed E-state index contributed by atoms with van der Waals surface area (Å²) in [7, 11) is 0. The first-order valence-corrected chi connectivity index (χ1v) is 10.3. The summed E-state index contributed by atoms with van der Waals surface area (Å²) < 4.78 is 5.78. The Kier molecular flexibility index (Phi) is 5.63. The van der Waals surface area contributed by atoms with Crippen LogP contribution in [0.4, 0.5) is 0 Å². The Hall–Kier alpha value is -2.07. The van der Waals surface area contributed by atoms with E-state index in [0.29, 0.717) is 0 Å². The lowest BCUT2D eigenvalue weighted by atomic mass is 9.86. The molecule has 0 aromatic heterocycles. The Morgan fingerprint density at radius 1 is 1.04 bits per heavy atom. The molecule has 2 aromatic rings. The van der Waals surface area contributed by atoms with Crippen molar-refractivity contribution < 1.29 is 9.53 Å². The maximum Gasteiger partial charge on any atom is 0.260 e. The molecule has 1 saturated carbocycles. The third kappa shape index (κ3) is 4.44. The van der Waals surface area contributed by atoms with E-state index >= 15 is 0 Å². The Morgan fingerprint density at radius 2 is 1.81 bits per heavy atom. The summed E-state index contributed by atoms with van der Waals surface area (Å²) in [6.07, 6.45) is 5.37. The highest BCUT2D eigenvalue weighted by molar-refractivity contribution is 5.84. The van der Waals surface area contributed by atoms with Gasteiger partial charge in [0.05, 0.1) is 0 Å². The fraction of sp³-hybridized carbons (Fsp3) is 0.522. The molecule has 1 heterocycles. The number of carbonyl (C=O) groups is 1. The third-order valence-corrected chi connectivity index (χ3v) is 6.18. The first kappa shape index (κ1) is 18.3. The largest absolute Gasteiger partial charge is 0.484 e. The van der Waals surface area contributed by atoms with E-state index in [1.165, 1.54) is 31.1 Å². The Morgan fingerprint density at radius 3 is 2.59 bits per heavy atom. The minimum Gasteiger partial charge on any atom is -0.484 e. The minimum atomic E-state index is 0.0971. The van der Waals surface area contributed by atoms with Crippen molar-refractivity contribution in [3.05, 3.63) is 42.5 Å². The van der Waals surface area contributed by atoms with Crippen LogP contribution in [0.15, 0.2) is 42.5 Å². The molecule has 2 aromatic carbocycles. The number of hydrogen-bond donors (Lipinski definition) is 0. The molecule has 0 radical (unpaired) electrons. The zero-order chi connectivity index (χ0) is 18.6. The van der Waals surface area contributed by atoms with Gasteiger partial charge in [-0.25, -0.2) is 0 Å². The molecule has 2 fully saturated rings. The summed E-state index contributed by atoms with van der Waals surface area (Å²) in [5, 5.41) is 2.32. The van der Waals surface area contributed by atoms with E-state index in [1.807, 2.05) is 35.2 Å². The molecule has 2 atom stereocenters. The monoisotopic (exact) mass is 366 g/mol. The Bertz CT molecular complexity index is 783. The molecule has 1 aliphatic heterocycles. The smallest absolute Gasteiger partial charge is 0.260 e. The van der Waals surface area contributed by atoms with Crippen LogP contribution in [0.2, 0.25) is 0 Å². The second-order valence-corrected chi connectivity index (χ2v) is 8.14. The molecule has 4 heteroatoms. The van der Waals surface area contributed by atoms with Gasteiger partial charge in [0.1, 0.15) is 5.75 Å². The van der Waals surface area contributed by atoms with Crippen LogP contribution in [0, 0.1) is 5.92 Å². The van der Waals surface area contributed by atoms with E-state index in [4.69, 9.17) is 4.74 Å². The number of fused-ring (bicyclic) bond motifs is 1. The van der Waals surface area contributed by atoms with E-state index < -0.39 is 0 Å². The van der Waals surface area contributed by atoms with Crippen LogP contribution < -0.4 is 4.74 Å². The van der Waals surface area contributed by atoms with Gasteiger partial charge in [0, 0.05) is 32.2 Å². The average molecular weight is 367 g/mol. The van der Waals surface area contributed by atoms with Crippen molar-refractivity contribution in [2.45, 2.75) is 38.6 Å². The van der Waals surface area contributed by atoms with Gasteiger partial charge in [-0.2, -0.15) is 0 Å². The number of amides is 1. The number of nitrogens with zero attached hydrogens (tertiary/aromatic N) is 2. The van der Waals surface area contributed by atoms with Crippen molar-refractivity contribution in [1.29, 1.82) is 0 Å². The normalized spacial score (nSPS) is 24.1. The highest BCUT2D eigenvalue weighted by Gasteiger charge is 2.28. The molecule has 27 heavy (non-hydrogen) atoms. The van der Waals surface area contributed by atoms with Gasteiger partial charge in [-0.3, -0.25) is 9.69 Å². The molecule has 1 saturated heterocycles. The zero-order valence-corrected chi connectivity index (χ0v) is 16.3. The topological polar surface area (TPSA) is 32.8 Å². The first-order chi connectivity index (χ1) is 13.2. The van der Waals surface area contributed by atoms with E-state index in [0.717, 1.165) is 49.3 Å². The quantitative estimate of drug-likeness (QED) is 0.822. The van der Waals surface area contributed by atoms with Crippen LogP contribution in [0.5, 0.6) is 5.75 Å². The van der Waals surface area contributed by atoms with Gasteiger partial charge < -0.3 is 9.64 Å². The highest BCUT2D eigenvalue weighted by Crippen LogP contribution is 2.28. The first-order valence-electron chi connectivity index (χ1n) is 10.3. The number of hydrogen-bond acceptors (Lipinski definition) is 3. The number of piperazine rings is 1. The SMILES string of the molecule is C[C@@H]1CCC[C@H](N2CCN(C(=O)COc3ccc4ccccc4c3)CC2)C1. The van der Waals surface area contributed by atoms with Gasteiger partial charge in [-0.1, -0.05) is 50.1 Å².